The molecule has 0 unspecified atom stereocenters. The molecule has 0 atom stereocenters. The predicted octanol–water partition coefficient (Wildman–Crippen LogP) is 0.469. The molecule has 0 aliphatic heterocycles. The van der Waals surface area contributed by atoms with E-state index in [9.17, 15) is 18.0 Å². The molecule has 0 amide bonds. The SMILES string of the molecule is O=c1[nH]cc(S(=O)(=O)Nc2ccc(I)cc2)c(=O)[nH]1. The minimum Gasteiger partial charge on any atom is -0.313 e. The summed E-state index contributed by atoms with van der Waals surface area (Å²) in [6, 6.07) is 6.57. The first-order valence-corrected chi connectivity index (χ1v) is 7.55. The van der Waals surface area contributed by atoms with Gasteiger partial charge in [0, 0.05) is 15.5 Å². The molecule has 0 aliphatic carbocycles. The van der Waals surface area contributed by atoms with E-state index in [1.165, 1.54) is 0 Å². The molecular weight excluding hydrogens is 385 g/mol. The van der Waals surface area contributed by atoms with Crippen molar-refractivity contribution in [2.75, 3.05) is 4.72 Å². The summed E-state index contributed by atoms with van der Waals surface area (Å²) in [5.74, 6) is 0. The van der Waals surface area contributed by atoms with Crippen molar-refractivity contribution in [1.29, 1.82) is 0 Å². The fraction of sp³-hybridized carbons (Fsp3) is 0. The van der Waals surface area contributed by atoms with Crippen molar-refractivity contribution in [3.05, 3.63) is 54.9 Å². The highest BCUT2D eigenvalue weighted by molar-refractivity contribution is 14.1. The molecule has 0 saturated heterocycles. The highest BCUT2D eigenvalue weighted by Gasteiger charge is 2.18. The van der Waals surface area contributed by atoms with Crippen LogP contribution in [0.5, 0.6) is 0 Å². The van der Waals surface area contributed by atoms with Gasteiger partial charge in [-0.3, -0.25) is 14.5 Å². The molecule has 3 N–H and O–H groups in total. The van der Waals surface area contributed by atoms with Crippen molar-refractivity contribution in [2.24, 2.45) is 0 Å². The zero-order valence-corrected chi connectivity index (χ0v) is 12.3. The van der Waals surface area contributed by atoms with Crippen LogP contribution in [0.25, 0.3) is 0 Å². The van der Waals surface area contributed by atoms with Gasteiger partial charge in [-0.25, -0.2) is 13.2 Å². The molecule has 0 spiro atoms. The lowest BCUT2D eigenvalue weighted by atomic mass is 10.3. The fourth-order valence-electron chi connectivity index (χ4n) is 1.33. The summed E-state index contributed by atoms with van der Waals surface area (Å²) < 4.78 is 27.1. The van der Waals surface area contributed by atoms with Gasteiger partial charge in [0.15, 0.2) is 4.90 Å². The summed E-state index contributed by atoms with van der Waals surface area (Å²) in [4.78, 5) is 25.7. The standard InChI is InChI=1S/C10H8IN3O4S/c11-6-1-3-7(4-2-6)14-19(17,18)8-5-12-10(16)13-9(8)15/h1-5,14H,(H2,12,13,15,16). The van der Waals surface area contributed by atoms with Crippen LogP contribution >= 0.6 is 22.6 Å². The van der Waals surface area contributed by atoms with Crippen LogP contribution in [-0.2, 0) is 10.0 Å². The lowest BCUT2D eigenvalue weighted by molar-refractivity contribution is 0.599. The first-order valence-electron chi connectivity index (χ1n) is 4.99. The van der Waals surface area contributed by atoms with Crippen LogP contribution < -0.4 is 16.0 Å². The predicted molar refractivity (Wildman–Crippen MR) is 77.7 cm³/mol. The number of aromatic amines is 2. The van der Waals surface area contributed by atoms with Crippen LogP contribution in [0.3, 0.4) is 0 Å². The number of anilines is 1. The average Bonchev–Trinajstić information content (AvgIpc) is 2.31. The van der Waals surface area contributed by atoms with Gasteiger partial charge in [-0.2, -0.15) is 0 Å². The highest BCUT2D eigenvalue weighted by Crippen LogP contribution is 2.14. The number of hydrogen-bond donors (Lipinski definition) is 3. The molecule has 0 radical (unpaired) electrons. The van der Waals surface area contributed by atoms with Crippen LogP contribution in [-0.4, -0.2) is 18.4 Å². The summed E-state index contributed by atoms with van der Waals surface area (Å²) in [5.41, 5.74) is -1.41. The molecule has 0 bridgehead atoms. The third-order valence-electron chi connectivity index (χ3n) is 2.17. The molecule has 0 aliphatic rings. The molecule has 9 heteroatoms. The Kier molecular flexibility index (Phi) is 3.75. The van der Waals surface area contributed by atoms with Gasteiger partial charge in [0.2, 0.25) is 0 Å². The number of sulfonamides is 1. The number of halogens is 1. The largest absolute Gasteiger partial charge is 0.325 e. The molecule has 0 fully saturated rings. The maximum Gasteiger partial charge on any atom is 0.325 e. The van der Waals surface area contributed by atoms with E-state index in [2.05, 4.69) is 32.3 Å². The van der Waals surface area contributed by atoms with Crippen LogP contribution in [0.2, 0.25) is 0 Å². The quantitative estimate of drug-likeness (QED) is 0.659. The molecule has 19 heavy (non-hydrogen) atoms. The van der Waals surface area contributed by atoms with Gasteiger partial charge < -0.3 is 4.98 Å². The van der Waals surface area contributed by atoms with E-state index in [1.54, 1.807) is 24.3 Å². The molecule has 2 aromatic rings. The van der Waals surface area contributed by atoms with Crippen molar-refractivity contribution < 1.29 is 8.42 Å². The number of rotatable bonds is 3. The zero-order valence-electron chi connectivity index (χ0n) is 9.31. The monoisotopic (exact) mass is 393 g/mol. The smallest absolute Gasteiger partial charge is 0.313 e. The van der Waals surface area contributed by atoms with E-state index in [-0.39, 0.29) is 0 Å². The van der Waals surface area contributed by atoms with E-state index < -0.39 is 26.2 Å². The topological polar surface area (TPSA) is 112 Å². The molecule has 2 rings (SSSR count). The molecule has 1 aromatic heterocycles. The minimum atomic E-state index is -4.04. The van der Waals surface area contributed by atoms with Crippen LogP contribution in [0.1, 0.15) is 0 Å². The lowest BCUT2D eigenvalue weighted by Gasteiger charge is -2.06. The molecule has 7 nitrogen and oxygen atoms in total. The molecule has 1 heterocycles. The van der Waals surface area contributed by atoms with Gasteiger partial charge in [-0.15, -0.1) is 0 Å². The fourth-order valence-corrected chi connectivity index (χ4v) is 2.75. The van der Waals surface area contributed by atoms with E-state index >= 15 is 0 Å². The lowest BCUT2D eigenvalue weighted by Crippen LogP contribution is -2.29. The van der Waals surface area contributed by atoms with Gasteiger partial charge in [0.1, 0.15) is 0 Å². The third-order valence-corrected chi connectivity index (χ3v) is 4.28. The number of aromatic nitrogens is 2. The van der Waals surface area contributed by atoms with E-state index in [1.807, 2.05) is 4.98 Å². The van der Waals surface area contributed by atoms with E-state index in [0.717, 1.165) is 9.77 Å². The van der Waals surface area contributed by atoms with Gasteiger partial charge in [0.05, 0.1) is 0 Å². The Morgan fingerprint density at radius 3 is 2.32 bits per heavy atom. The Hall–Kier alpha value is -1.62. The summed E-state index contributed by atoms with van der Waals surface area (Å²) >= 11 is 2.08. The van der Waals surface area contributed by atoms with Crippen molar-refractivity contribution in [3.63, 3.8) is 0 Å². The van der Waals surface area contributed by atoms with Crippen molar-refractivity contribution in [1.82, 2.24) is 9.97 Å². The zero-order chi connectivity index (χ0) is 14.0. The maximum absolute atomic E-state index is 12.0. The summed E-state index contributed by atoms with van der Waals surface area (Å²) in [7, 11) is -4.04. The van der Waals surface area contributed by atoms with Crippen molar-refractivity contribution in [3.8, 4) is 0 Å². The second-order valence-corrected chi connectivity index (χ2v) is 6.45. The summed E-state index contributed by atoms with van der Waals surface area (Å²) in [5, 5.41) is 0. The molecule has 100 valence electrons. The number of nitrogens with one attached hydrogen (secondary N) is 3. The Bertz CT molecular complexity index is 808. The van der Waals surface area contributed by atoms with Crippen molar-refractivity contribution in [2.45, 2.75) is 4.90 Å². The summed E-state index contributed by atoms with van der Waals surface area (Å²) in [6.45, 7) is 0. The van der Waals surface area contributed by atoms with Crippen LogP contribution in [0.15, 0.2) is 44.9 Å². The van der Waals surface area contributed by atoms with Crippen LogP contribution in [0, 0.1) is 3.57 Å². The second kappa shape index (κ2) is 5.17. The number of hydrogen-bond acceptors (Lipinski definition) is 4. The average molecular weight is 393 g/mol. The highest BCUT2D eigenvalue weighted by atomic mass is 127. The molecular formula is C10H8IN3O4S. The maximum atomic E-state index is 12.0. The second-order valence-electron chi connectivity index (χ2n) is 3.55. The third kappa shape index (κ3) is 3.23. The minimum absolute atomic E-state index is 0.325. The van der Waals surface area contributed by atoms with Gasteiger partial charge in [-0.05, 0) is 46.9 Å². The van der Waals surface area contributed by atoms with Gasteiger partial charge in [-0.1, -0.05) is 0 Å². The number of H-pyrrole nitrogens is 2. The first-order chi connectivity index (χ1) is 8.88. The summed E-state index contributed by atoms with van der Waals surface area (Å²) in [6.07, 6.45) is 0.857. The molecule has 1 aromatic carbocycles. The number of benzene rings is 1. The van der Waals surface area contributed by atoms with Crippen LogP contribution in [0.4, 0.5) is 5.69 Å². The van der Waals surface area contributed by atoms with E-state index in [4.69, 9.17) is 0 Å². The Morgan fingerprint density at radius 2 is 1.74 bits per heavy atom. The van der Waals surface area contributed by atoms with Gasteiger partial charge >= 0.3 is 5.69 Å². The Labute approximate surface area is 121 Å². The Balaban J connectivity index is 2.40. The molecule has 0 saturated carbocycles. The first kappa shape index (κ1) is 13.8. The Morgan fingerprint density at radius 1 is 1.11 bits per heavy atom. The van der Waals surface area contributed by atoms with E-state index in [0.29, 0.717) is 5.69 Å². The van der Waals surface area contributed by atoms with Gasteiger partial charge in [0.25, 0.3) is 15.6 Å². The van der Waals surface area contributed by atoms with Crippen molar-refractivity contribution >= 4 is 38.3 Å². The normalized spacial score (nSPS) is 11.2.